The Morgan fingerprint density at radius 2 is 1.84 bits per heavy atom. The van der Waals surface area contributed by atoms with Gasteiger partial charge in [0.1, 0.15) is 0 Å². The third-order valence-corrected chi connectivity index (χ3v) is 5.26. The summed E-state index contributed by atoms with van der Waals surface area (Å²) < 4.78 is 3.51. The molecule has 2 aromatic carbocycles. The molecular formula is C20H20BrCl2NZr. The molecular weight excluding hydrogens is 496 g/mol. The Morgan fingerprint density at radius 1 is 1.16 bits per heavy atom. The van der Waals surface area contributed by atoms with Crippen molar-refractivity contribution in [1.82, 2.24) is 4.57 Å². The van der Waals surface area contributed by atoms with E-state index in [9.17, 15) is 0 Å². The van der Waals surface area contributed by atoms with Crippen LogP contribution < -0.4 is 24.8 Å². The second-order valence-corrected chi connectivity index (χ2v) is 6.69. The number of halogens is 3. The Bertz CT molecular complexity index is 909. The maximum absolute atomic E-state index is 3.78. The van der Waals surface area contributed by atoms with Crippen LogP contribution in [0.15, 0.2) is 40.9 Å². The summed E-state index contributed by atoms with van der Waals surface area (Å²) in [6.07, 6.45) is 10.0. The maximum Gasteiger partial charge on any atom is 4.00 e. The summed E-state index contributed by atoms with van der Waals surface area (Å²) in [4.78, 5) is 0. The van der Waals surface area contributed by atoms with E-state index in [0.29, 0.717) is 0 Å². The molecule has 1 nitrogen and oxygen atoms in total. The van der Waals surface area contributed by atoms with E-state index in [1.165, 1.54) is 43.0 Å². The van der Waals surface area contributed by atoms with Gasteiger partial charge in [0.05, 0.1) is 0 Å². The first kappa shape index (κ1) is 24.8. The monoisotopic (exact) mass is 513 g/mol. The first-order valence-electron chi connectivity index (χ1n) is 7.53. The van der Waals surface area contributed by atoms with E-state index in [1.54, 1.807) is 0 Å². The molecule has 0 amide bonds. The van der Waals surface area contributed by atoms with Crippen LogP contribution in [0.4, 0.5) is 0 Å². The number of aryl methyl sites for hydroxylation is 3. The average Bonchev–Trinajstić information content (AvgIpc) is 3.20. The Hall–Kier alpha value is -0.207. The first-order valence-corrected chi connectivity index (χ1v) is 8.33. The largest absolute Gasteiger partial charge is 4.00 e. The van der Waals surface area contributed by atoms with E-state index in [4.69, 9.17) is 0 Å². The van der Waals surface area contributed by atoms with E-state index < -0.39 is 0 Å². The molecule has 4 rings (SSSR count). The summed E-state index contributed by atoms with van der Waals surface area (Å²) in [5, 5.41) is 3.99. The van der Waals surface area contributed by atoms with Crippen molar-refractivity contribution in [2.24, 2.45) is 7.05 Å². The number of nitrogens with zero attached hydrogens (tertiary/aromatic N) is 1. The maximum atomic E-state index is 3.78. The zero-order valence-corrected chi connectivity index (χ0v) is 20.3. The van der Waals surface area contributed by atoms with Gasteiger partial charge < -0.3 is 29.4 Å². The van der Waals surface area contributed by atoms with Crippen molar-refractivity contribution >= 4 is 37.6 Å². The summed E-state index contributed by atoms with van der Waals surface area (Å²) in [6.45, 7) is 6.52. The number of fused-ring (bicyclic) bond motifs is 2. The number of hydrogen-bond donors (Lipinski definition) is 0. The van der Waals surface area contributed by atoms with Gasteiger partial charge in [-0.25, -0.2) is 12.2 Å². The number of benzene rings is 1. The van der Waals surface area contributed by atoms with Crippen molar-refractivity contribution in [2.45, 2.75) is 27.2 Å². The van der Waals surface area contributed by atoms with Crippen LogP contribution in [-0.4, -0.2) is 4.57 Å². The van der Waals surface area contributed by atoms with Crippen molar-refractivity contribution in [3.63, 3.8) is 0 Å². The van der Waals surface area contributed by atoms with Crippen LogP contribution in [0, 0.1) is 26.8 Å². The molecule has 5 heteroatoms. The van der Waals surface area contributed by atoms with Crippen molar-refractivity contribution in [1.29, 1.82) is 0 Å². The fourth-order valence-electron chi connectivity index (χ4n) is 3.03. The normalized spacial score (nSPS) is 11.6. The van der Waals surface area contributed by atoms with Crippen LogP contribution in [0.25, 0.3) is 21.7 Å². The average molecular weight is 516 g/mol. The Morgan fingerprint density at radius 3 is 2.36 bits per heavy atom. The molecule has 0 fully saturated rings. The number of rotatable bonds is 0. The molecule has 1 aliphatic rings. The van der Waals surface area contributed by atoms with Crippen molar-refractivity contribution < 1.29 is 51.0 Å². The molecule has 1 aliphatic carbocycles. The molecule has 0 radical (unpaired) electrons. The number of aromatic nitrogens is 1. The van der Waals surface area contributed by atoms with Gasteiger partial charge in [-0.15, -0.1) is 22.9 Å². The zero-order chi connectivity index (χ0) is 15.9. The van der Waals surface area contributed by atoms with E-state index in [1.807, 2.05) is 12.2 Å². The molecule has 0 saturated carbocycles. The van der Waals surface area contributed by atoms with Gasteiger partial charge in [-0.3, -0.25) is 6.08 Å². The molecule has 0 saturated heterocycles. The van der Waals surface area contributed by atoms with Gasteiger partial charge in [-0.2, -0.15) is 6.08 Å². The molecule has 130 valence electrons. The van der Waals surface area contributed by atoms with Gasteiger partial charge in [0.2, 0.25) is 0 Å². The van der Waals surface area contributed by atoms with Gasteiger partial charge >= 0.3 is 26.2 Å². The van der Waals surface area contributed by atoms with Crippen molar-refractivity contribution in [3.05, 3.63) is 63.8 Å². The molecule has 25 heavy (non-hydrogen) atoms. The minimum absolute atomic E-state index is 0. The zero-order valence-electron chi connectivity index (χ0n) is 14.8. The fourth-order valence-corrected chi connectivity index (χ4v) is 3.87. The number of hydrogen-bond acceptors (Lipinski definition) is 0. The van der Waals surface area contributed by atoms with Crippen molar-refractivity contribution in [3.8, 4) is 0 Å². The van der Waals surface area contributed by atoms with Crippen molar-refractivity contribution in [2.75, 3.05) is 0 Å². The summed E-state index contributed by atoms with van der Waals surface area (Å²) in [7, 11) is 2.14. The SMILES string of the molecule is Cc1cc2cc3c(c(Br)c2c1)c(C)[c-](C)n3C.[C-]1=CC=CC1.[Cl-].[Cl-].[Zr+4]. The first-order chi connectivity index (χ1) is 10.5. The molecule has 0 N–H and O–H groups in total. The molecule has 0 atom stereocenters. The third-order valence-electron chi connectivity index (χ3n) is 4.44. The Kier molecular flexibility index (Phi) is 10.1. The smallest absolute Gasteiger partial charge is 1.00 e. The van der Waals surface area contributed by atoms with Gasteiger partial charge in [0.25, 0.3) is 0 Å². The summed E-state index contributed by atoms with van der Waals surface area (Å²) in [6, 6.07) is 6.79. The molecule has 0 spiro atoms. The van der Waals surface area contributed by atoms with Crippen LogP contribution in [0.1, 0.15) is 23.2 Å². The predicted octanol–water partition coefficient (Wildman–Crippen LogP) is 0.0494. The second kappa shape index (κ2) is 10.2. The summed E-state index contributed by atoms with van der Waals surface area (Å²) in [5.41, 5.74) is 5.34. The van der Waals surface area contributed by atoms with E-state index >= 15 is 0 Å². The predicted molar refractivity (Wildman–Crippen MR) is 99.5 cm³/mol. The fraction of sp³-hybridized carbons (Fsp3) is 0.250. The minimum atomic E-state index is 0. The van der Waals surface area contributed by atoms with Gasteiger partial charge in [-0.05, 0) is 34.8 Å². The molecule has 3 aromatic rings. The molecule has 0 aliphatic heterocycles. The van der Waals surface area contributed by atoms with E-state index in [2.05, 4.69) is 78.7 Å². The van der Waals surface area contributed by atoms with E-state index in [-0.39, 0.29) is 51.0 Å². The molecule has 1 heterocycles. The van der Waals surface area contributed by atoms with E-state index in [0.717, 1.165) is 6.42 Å². The minimum Gasteiger partial charge on any atom is -1.00 e. The van der Waals surface area contributed by atoms with Crippen LogP contribution >= 0.6 is 15.9 Å². The Balaban J connectivity index is 0.000000630. The molecule has 1 aromatic heterocycles. The van der Waals surface area contributed by atoms with Gasteiger partial charge in [0.15, 0.2) is 0 Å². The van der Waals surface area contributed by atoms with Gasteiger partial charge in [-0.1, -0.05) is 53.7 Å². The summed E-state index contributed by atoms with van der Waals surface area (Å²) >= 11 is 3.78. The topological polar surface area (TPSA) is 4.93 Å². The van der Waals surface area contributed by atoms with Crippen LogP contribution in [0.2, 0.25) is 0 Å². The molecule has 0 unspecified atom stereocenters. The van der Waals surface area contributed by atoms with Crippen LogP contribution in [0.5, 0.6) is 0 Å². The number of allylic oxidation sites excluding steroid dienone is 4. The van der Waals surface area contributed by atoms with Crippen LogP contribution in [0.3, 0.4) is 0 Å². The quantitative estimate of drug-likeness (QED) is 0.373. The molecule has 0 bridgehead atoms. The summed E-state index contributed by atoms with van der Waals surface area (Å²) in [5.74, 6) is 0. The standard InChI is InChI=1S/C15H15BrN.C5H5.2ClH.Zr/c1-8-5-11-7-13-14(15(16)12(11)6-8)9(2)10(3)17(13)4;1-2-4-5-3-1;;;/h5-7H,1-4H3;1-3H,4H2;2*1H;/q2*-1;;;+4/p-2. The second-order valence-electron chi connectivity index (χ2n) is 5.89. The third kappa shape index (κ3) is 4.75. The van der Waals surface area contributed by atoms with Gasteiger partial charge in [0, 0.05) is 0 Å². The van der Waals surface area contributed by atoms with Crippen LogP contribution in [-0.2, 0) is 33.3 Å². The Labute approximate surface area is 190 Å².